The molecule has 0 aliphatic heterocycles. The zero-order chi connectivity index (χ0) is 11.6. The highest BCUT2D eigenvalue weighted by molar-refractivity contribution is 9.10. The van der Waals surface area contributed by atoms with Crippen LogP contribution in [0.5, 0.6) is 0 Å². The van der Waals surface area contributed by atoms with E-state index in [1.165, 1.54) is 11.0 Å². The van der Waals surface area contributed by atoms with Crippen molar-refractivity contribution in [3.63, 3.8) is 0 Å². The van der Waals surface area contributed by atoms with Gasteiger partial charge in [0.1, 0.15) is 5.82 Å². The lowest BCUT2D eigenvalue weighted by molar-refractivity contribution is -0.119. The number of carbonyl (C=O) groups excluding carboxylic acids is 1. The third-order valence-corrected chi connectivity index (χ3v) is 2.37. The van der Waals surface area contributed by atoms with Crippen LogP contribution in [0.4, 0.5) is 10.1 Å². The molecule has 82 valence electrons. The monoisotopic (exact) mass is 273 g/mol. The Labute approximate surface area is 97.2 Å². The predicted octanol–water partition coefficient (Wildman–Crippen LogP) is 2.96. The van der Waals surface area contributed by atoms with Crippen LogP contribution in [0.15, 0.2) is 24.3 Å². The largest absolute Gasteiger partial charge is 0.312 e. The third-order valence-electron chi connectivity index (χ3n) is 2.03. The molecule has 0 saturated carbocycles. The zero-order valence-electron chi connectivity index (χ0n) is 8.92. The van der Waals surface area contributed by atoms with Crippen LogP contribution in [0.25, 0.3) is 0 Å². The average molecular weight is 274 g/mol. The number of para-hydroxylation sites is 1. The van der Waals surface area contributed by atoms with E-state index in [0.29, 0.717) is 0 Å². The van der Waals surface area contributed by atoms with Crippen molar-refractivity contribution in [1.82, 2.24) is 0 Å². The molecule has 0 aliphatic rings. The fraction of sp³-hybridized carbons (Fsp3) is 0.364. The number of amides is 1. The minimum Gasteiger partial charge on any atom is -0.312 e. The number of alkyl halides is 1. The average Bonchev–Trinajstić information content (AvgIpc) is 2.15. The summed E-state index contributed by atoms with van der Waals surface area (Å²) >= 11 is 3.25. The molecule has 0 unspecified atom stereocenters. The van der Waals surface area contributed by atoms with Crippen LogP contribution >= 0.6 is 15.9 Å². The number of anilines is 1. The molecule has 0 N–H and O–H groups in total. The molecule has 0 spiro atoms. The highest BCUT2D eigenvalue weighted by atomic mass is 79.9. The van der Waals surface area contributed by atoms with Gasteiger partial charge in [0.15, 0.2) is 0 Å². The summed E-state index contributed by atoms with van der Waals surface area (Å²) in [6, 6.07) is 6.20. The molecule has 0 atom stereocenters. The van der Waals surface area contributed by atoms with Gasteiger partial charge in [0.2, 0.25) is 5.91 Å². The lowest BCUT2D eigenvalue weighted by Crippen LogP contribution is -2.39. The molecule has 0 radical (unpaired) electrons. The molecule has 15 heavy (non-hydrogen) atoms. The van der Waals surface area contributed by atoms with Gasteiger partial charge in [0.05, 0.1) is 10.0 Å². The van der Waals surface area contributed by atoms with E-state index in [9.17, 15) is 9.18 Å². The van der Waals surface area contributed by atoms with Crippen LogP contribution in [0, 0.1) is 5.82 Å². The van der Waals surface area contributed by atoms with Gasteiger partial charge in [-0.25, -0.2) is 4.39 Å². The van der Waals surface area contributed by atoms with Crippen molar-refractivity contribution in [2.75, 3.05) is 11.9 Å². The summed E-state index contributed by atoms with van der Waals surface area (Å²) in [5.41, 5.74) is 0.287. The summed E-state index contributed by atoms with van der Waals surface area (Å²) in [7, 11) is 1.56. The van der Waals surface area contributed by atoms with Gasteiger partial charge in [-0.05, 0) is 26.0 Å². The Hall–Kier alpha value is -0.900. The van der Waals surface area contributed by atoms with E-state index in [1.54, 1.807) is 39.1 Å². The molecule has 0 aliphatic carbocycles. The number of rotatable bonds is 2. The summed E-state index contributed by atoms with van der Waals surface area (Å²) in [4.78, 5) is 13.1. The van der Waals surface area contributed by atoms with Crippen molar-refractivity contribution < 1.29 is 9.18 Å². The lowest BCUT2D eigenvalue weighted by Gasteiger charge is -2.24. The van der Waals surface area contributed by atoms with Crippen LogP contribution in [0.1, 0.15) is 13.8 Å². The molecule has 1 amide bonds. The molecule has 1 aromatic carbocycles. The van der Waals surface area contributed by atoms with Crippen LogP contribution in [0.3, 0.4) is 0 Å². The van der Waals surface area contributed by atoms with E-state index < -0.39 is 10.1 Å². The number of halogens is 2. The zero-order valence-corrected chi connectivity index (χ0v) is 10.5. The van der Waals surface area contributed by atoms with E-state index in [1.807, 2.05) is 0 Å². The maximum absolute atomic E-state index is 13.4. The first-order chi connectivity index (χ1) is 6.84. The number of nitrogens with zero attached hydrogens (tertiary/aromatic N) is 1. The first-order valence-corrected chi connectivity index (χ1v) is 5.35. The maximum Gasteiger partial charge on any atom is 0.243 e. The molecule has 1 rings (SSSR count). The van der Waals surface area contributed by atoms with Crippen molar-refractivity contribution in [1.29, 1.82) is 0 Å². The minimum absolute atomic E-state index is 0.187. The Balaban J connectivity index is 3.01. The predicted molar refractivity (Wildman–Crippen MR) is 62.8 cm³/mol. The fourth-order valence-electron chi connectivity index (χ4n) is 1.23. The quantitative estimate of drug-likeness (QED) is 0.759. The molecular formula is C11H13BrFNO. The van der Waals surface area contributed by atoms with Crippen molar-refractivity contribution in [3.8, 4) is 0 Å². The second-order valence-electron chi connectivity index (χ2n) is 3.79. The van der Waals surface area contributed by atoms with Crippen molar-refractivity contribution >= 4 is 27.5 Å². The maximum atomic E-state index is 13.4. The van der Waals surface area contributed by atoms with Gasteiger partial charge in [-0.15, -0.1) is 0 Å². The second kappa shape index (κ2) is 4.31. The van der Waals surface area contributed by atoms with Gasteiger partial charge < -0.3 is 4.90 Å². The van der Waals surface area contributed by atoms with Gasteiger partial charge >= 0.3 is 0 Å². The first kappa shape index (κ1) is 12.2. The van der Waals surface area contributed by atoms with Crippen LogP contribution < -0.4 is 4.90 Å². The van der Waals surface area contributed by atoms with Gasteiger partial charge in [-0.1, -0.05) is 28.1 Å². The molecule has 0 saturated heterocycles. The molecule has 2 nitrogen and oxygen atoms in total. The topological polar surface area (TPSA) is 20.3 Å². The molecule has 0 bridgehead atoms. The molecule has 1 aromatic rings. The molecule has 4 heteroatoms. The Morgan fingerprint density at radius 2 is 1.93 bits per heavy atom. The summed E-state index contributed by atoms with van der Waals surface area (Å²) in [5.74, 6) is -0.585. The van der Waals surface area contributed by atoms with E-state index in [0.717, 1.165) is 0 Å². The summed E-state index contributed by atoms with van der Waals surface area (Å²) in [5, 5.41) is 0. The van der Waals surface area contributed by atoms with Gasteiger partial charge in [0, 0.05) is 7.05 Å². The Kier molecular flexibility index (Phi) is 3.50. The Bertz CT molecular complexity index is 373. The summed E-state index contributed by atoms with van der Waals surface area (Å²) in [6.07, 6.45) is 0. The molecule has 0 fully saturated rings. The van der Waals surface area contributed by atoms with Gasteiger partial charge in [-0.2, -0.15) is 0 Å². The van der Waals surface area contributed by atoms with E-state index in [2.05, 4.69) is 15.9 Å². The van der Waals surface area contributed by atoms with Crippen LogP contribution in [0.2, 0.25) is 0 Å². The molecule has 0 aromatic heterocycles. The van der Waals surface area contributed by atoms with Gasteiger partial charge in [0.25, 0.3) is 0 Å². The number of carbonyl (C=O) groups is 1. The standard InChI is InChI=1S/C11H13BrFNO/c1-11(2,12)10(15)14(3)9-7-5-4-6-8(9)13/h4-7H,1-3H3. The highest BCUT2D eigenvalue weighted by Crippen LogP contribution is 2.24. The summed E-state index contributed by atoms with van der Waals surface area (Å²) in [6.45, 7) is 3.46. The van der Waals surface area contributed by atoms with Crippen molar-refractivity contribution in [2.24, 2.45) is 0 Å². The summed E-state index contributed by atoms with van der Waals surface area (Å²) < 4.78 is 12.7. The normalized spacial score (nSPS) is 11.3. The second-order valence-corrected chi connectivity index (χ2v) is 5.77. The smallest absolute Gasteiger partial charge is 0.243 e. The minimum atomic E-state index is -0.690. The molecular weight excluding hydrogens is 261 g/mol. The van der Waals surface area contributed by atoms with Gasteiger partial charge in [-0.3, -0.25) is 4.79 Å². The van der Waals surface area contributed by atoms with Crippen molar-refractivity contribution in [2.45, 2.75) is 18.2 Å². The SMILES string of the molecule is CN(C(=O)C(C)(C)Br)c1ccccc1F. The number of benzene rings is 1. The number of hydrogen-bond donors (Lipinski definition) is 0. The van der Waals surface area contributed by atoms with Crippen molar-refractivity contribution in [3.05, 3.63) is 30.1 Å². The highest BCUT2D eigenvalue weighted by Gasteiger charge is 2.28. The van der Waals surface area contributed by atoms with Crippen LogP contribution in [-0.2, 0) is 4.79 Å². The lowest BCUT2D eigenvalue weighted by atomic mass is 10.1. The molecule has 0 heterocycles. The van der Waals surface area contributed by atoms with E-state index in [-0.39, 0.29) is 11.6 Å². The van der Waals surface area contributed by atoms with E-state index in [4.69, 9.17) is 0 Å². The Morgan fingerprint density at radius 1 is 1.40 bits per heavy atom. The first-order valence-electron chi connectivity index (χ1n) is 4.55. The van der Waals surface area contributed by atoms with E-state index >= 15 is 0 Å². The number of hydrogen-bond acceptors (Lipinski definition) is 1. The fourth-order valence-corrected chi connectivity index (χ4v) is 1.50. The Morgan fingerprint density at radius 3 is 2.40 bits per heavy atom. The third kappa shape index (κ3) is 2.78. The van der Waals surface area contributed by atoms with Crippen LogP contribution in [-0.4, -0.2) is 17.3 Å².